The number of halogens is 1. The lowest BCUT2D eigenvalue weighted by molar-refractivity contribution is -0.152. The number of rotatable bonds is 11. The molecule has 166 valence electrons. The predicted octanol–water partition coefficient (Wildman–Crippen LogP) is 4.04. The monoisotopic (exact) mass is 446 g/mol. The molecule has 2 aromatic rings. The van der Waals surface area contributed by atoms with Gasteiger partial charge in [-0.3, -0.25) is 14.4 Å². The first-order valence-electron chi connectivity index (χ1n) is 10.1. The van der Waals surface area contributed by atoms with Crippen molar-refractivity contribution in [3.63, 3.8) is 0 Å². The fourth-order valence-electron chi connectivity index (χ4n) is 2.73. The highest BCUT2D eigenvalue weighted by molar-refractivity contribution is 7.99. The van der Waals surface area contributed by atoms with Gasteiger partial charge in [-0.05, 0) is 49.2 Å². The van der Waals surface area contributed by atoms with E-state index in [4.69, 9.17) is 4.74 Å². The third kappa shape index (κ3) is 8.80. The maximum Gasteiger partial charge on any atom is 0.307 e. The van der Waals surface area contributed by atoms with Gasteiger partial charge in [0, 0.05) is 22.9 Å². The van der Waals surface area contributed by atoms with Crippen molar-refractivity contribution in [2.45, 2.75) is 31.6 Å². The number of hydrogen-bond donors (Lipinski definition) is 1. The normalized spacial score (nSPS) is 10.4. The predicted molar refractivity (Wildman–Crippen MR) is 119 cm³/mol. The Kier molecular flexibility index (Phi) is 10.0. The summed E-state index contributed by atoms with van der Waals surface area (Å²) in [5, 5.41) is 2.80. The fourth-order valence-corrected chi connectivity index (χ4v) is 3.56. The van der Waals surface area contributed by atoms with Crippen LogP contribution in [0, 0.1) is 12.7 Å². The van der Waals surface area contributed by atoms with Crippen molar-refractivity contribution in [1.82, 2.24) is 4.90 Å². The van der Waals surface area contributed by atoms with Crippen LogP contribution in [0.4, 0.5) is 10.1 Å². The van der Waals surface area contributed by atoms with Crippen LogP contribution in [0.25, 0.3) is 0 Å². The second kappa shape index (κ2) is 12.7. The lowest BCUT2D eigenvalue weighted by Gasteiger charge is -2.21. The molecule has 2 aromatic carbocycles. The molecule has 0 saturated carbocycles. The van der Waals surface area contributed by atoms with Crippen LogP contribution in [0.15, 0.2) is 53.4 Å². The second-order valence-corrected chi connectivity index (χ2v) is 8.06. The highest BCUT2D eigenvalue weighted by Crippen LogP contribution is 2.19. The van der Waals surface area contributed by atoms with Gasteiger partial charge in [-0.15, -0.1) is 11.8 Å². The molecule has 0 unspecified atom stereocenters. The zero-order valence-electron chi connectivity index (χ0n) is 17.7. The van der Waals surface area contributed by atoms with Crippen molar-refractivity contribution in [2.24, 2.45) is 0 Å². The highest BCUT2D eigenvalue weighted by atomic mass is 32.2. The summed E-state index contributed by atoms with van der Waals surface area (Å²) in [6.45, 7) is 3.66. The van der Waals surface area contributed by atoms with Gasteiger partial charge in [0.15, 0.2) is 6.61 Å². The zero-order valence-corrected chi connectivity index (χ0v) is 18.5. The molecule has 2 rings (SSSR count). The minimum absolute atomic E-state index is 0.112. The Morgan fingerprint density at radius 1 is 1.10 bits per heavy atom. The van der Waals surface area contributed by atoms with Gasteiger partial charge < -0.3 is 15.0 Å². The lowest BCUT2D eigenvalue weighted by atomic mass is 10.2. The van der Waals surface area contributed by atoms with E-state index in [1.165, 1.54) is 28.8 Å². The first-order chi connectivity index (χ1) is 14.9. The Bertz CT molecular complexity index is 889. The first kappa shape index (κ1) is 24.4. The molecule has 0 heterocycles. The molecule has 0 fully saturated rings. The number of anilines is 1. The Morgan fingerprint density at radius 3 is 2.48 bits per heavy atom. The summed E-state index contributed by atoms with van der Waals surface area (Å²) >= 11 is 1.40. The number of hydrogen-bond acceptors (Lipinski definition) is 5. The van der Waals surface area contributed by atoms with Gasteiger partial charge in [-0.25, -0.2) is 4.39 Å². The number of aryl methyl sites for hydroxylation is 1. The number of ether oxygens (including phenoxy) is 1. The van der Waals surface area contributed by atoms with Crippen LogP contribution in [0.1, 0.15) is 25.3 Å². The van der Waals surface area contributed by atoms with E-state index >= 15 is 0 Å². The van der Waals surface area contributed by atoms with E-state index in [2.05, 4.69) is 5.32 Å². The molecule has 0 aliphatic rings. The standard InChI is InChI=1S/C23H27FN2O4S/c1-3-13-26(15-21(27)25-20-7-5-4-6-17(20)2)22(28)16-30-23(29)12-14-31-19-10-8-18(24)9-11-19/h4-11H,3,12-16H2,1-2H3,(H,25,27). The van der Waals surface area contributed by atoms with Gasteiger partial charge in [-0.1, -0.05) is 25.1 Å². The number of amides is 2. The number of esters is 1. The third-order valence-corrected chi connectivity index (χ3v) is 5.36. The quantitative estimate of drug-likeness (QED) is 0.417. The molecule has 0 atom stereocenters. The zero-order chi connectivity index (χ0) is 22.6. The molecule has 0 spiro atoms. The number of carbonyl (C=O) groups is 3. The Labute approximate surface area is 186 Å². The number of nitrogens with zero attached hydrogens (tertiary/aromatic N) is 1. The summed E-state index contributed by atoms with van der Waals surface area (Å²) < 4.78 is 18.0. The number of carbonyl (C=O) groups excluding carboxylic acids is 3. The van der Waals surface area contributed by atoms with E-state index in [0.717, 1.165) is 10.5 Å². The van der Waals surface area contributed by atoms with Gasteiger partial charge in [0.05, 0.1) is 13.0 Å². The van der Waals surface area contributed by atoms with Crippen molar-refractivity contribution in [3.05, 3.63) is 59.9 Å². The summed E-state index contributed by atoms with van der Waals surface area (Å²) in [6, 6.07) is 13.4. The molecule has 8 heteroatoms. The maximum atomic E-state index is 12.9. The second-order valence-electron chi connectivity index (χ2n) is 6.89. The number of nitrogens with one attached hydrogen (secondary N) is 1. The summed E-state index contributed by atoms with van der Waals surface area (Å²) in [5.41, 5.74) is 1.62. The Balaban J connectivity index is 1.76. The number of para-hydroxylation sites is 1. The minimum Gasteiger partial charge on any atom is -0.456 e. The van der Waals surface area contributed by atoms with Crippen molar-refractivity contribution in [2.75, 3.05) is 30.8 Å². The van der Waals surface area contributed by atoms with E-state index in [1.807, 2.05) is 32.0 Å². The van der Waals surface area contributed by atoms with Gasteiger partial charge in [0.2, 0.25) is 5.91 Å². The van der Waals surface area contributed by atoms with E-state index in [9.17, 15) is 18.8 Å². The minimum atomic E-state index is -0.497. The maximum absolute atomic E-state index is 12.9. The molecule has 6 nitrogen and oxygen atoms in total. The molecule has 0 aromatic heterocycles. The van der Waals surface area contributed by atoms with E-state index < -0.39 is 18.5 Å². The van der Waals surface area contributed by atoms with Crippen LogP contribution in [-0.2, 0) is 19.1 Å². The van der Waals surface area contributed by atoms with Crippen molar-refractivity contribution >= 4 is 35.2 Å². The lowest BCUT2D eigenvalue weighted by Crippen LogP contribution is -2.40. The molecule has 0 radical (unpaired) electrons. The molecular formula is C23H27FN2O4S. The van der Waals surface area contributed by atoms with Gasteiger partial charge in [0.25, 0.3) is 5.91 Å². The summed E-state index contributed by atoms with van der Waals surface area (Å²) in [5.74, 6) is -1.08. The molecule has 1 N–H and O–H groups in total. The molecule has 0 aliphatic carbocycles. The number of benzene rings is 2. The fraction of sp³-hybridized carbons (Fsp3) is 0.348. The van der Waals surface area contributed by atoms with Gasteiger partial charge in [0.1, 0.15) is 5.82 Å². The average molecular weight is 447 g/mol. The SMILES string of the molecule is CCCN(CC(=O)Nc1ccccc1C)C(=O)COC(=O)CCSc1ccc(F)cc1. The summed E-state index contributed by atoms with van der Waals surface area (Å²) in [4.78, 5) is 39.0. The van der Waals surface area contributed by atoms with E-state index in [0.29, 0.717) is 24.4 Å². The number of thioether (sulfide) groups is 1. The Morgan fingerprint density at radius 2 is 1.81 bits per heavy atom. The molecule has 2 amide bonds. The Hall–Kier alpha value is -2.87. The summed E-state index contributed by atoms with van der Waals surface area (Å²) in [6.07, 6.45) is 0.794. The van der Waals surface area contributed by atoms with Gasteiger partial charge >= 0.3 is 5.97 Å². The topological polar surface area (TPSA) is 75.7 Å². The molecule has 0 bridgehead atoms. The van der Waals surface area contributed by atoms with Crippen molar-refractivity contribution in [1.29, 1.82) is 0 Å². The largest absolute Gasteiger partial charge is 0.456 e. The van der Waals surface area contributed by atoms with Crippen molar-refractivity contribution < 1.29 is 23.5 Å². The summed E-state index contributed by atoms with van der Waals surface area (Å²) in [7, 11) is 0. The van der Waals surface area contributed by atoms with E-state index in [-0.39, 0.29) is 24.7 Å². The van der Waals surface area contributed by atoms with Crippen LogP contribution in [-0.4, -0.2) is 48.1 Å². The molecule has 31 heavy (non-hydrogen) atoms. The molecule has 0 saturated heterocycles. The third-order valence-electron chi connectivity index (χ3n) is 4.35. The van der Waals surface area contributed by atoms with Crippen LogP contribution in [0.5, 0.6) is 0 Å². The van der Waals surface area contributed by atoms with Crippen molar-refractivity contribution in [3.8, 4) is 0 Å². The average Bonchev–Trinajstić information content (AvgIpc) is 2.75. The van der Waals surface area contributed by atoms with Crippen LogP contribution in [0.2, 0.25) is 0 Å². The molecular weight excluding hydrogens is 419 g/mol. The first-order valence-corrected chi connectivity index (χ1v) is 11.0. The van der Waals surface area contributed by atoms with Crippen LogP contribution < -0.4 is 5.32 Å². The van der Waals surface area contributed by atoms with Crippen LogP contribution in [0.3, 0.4) is 0 Å². The molecule has 0 aliphatic heterocycles. The van der Waals surface area contributed by atoms with E-state index in [1.54, 1.807) is 18.2 Å². The highest BCUT2D eigenvalue weighted by Gasteiger charge is 2.18. The van der Waals surface area contributed by atoms with Crippen LogP contribution >= 0.6 is 11.8 Å². The smallest absolute Gasteiger partial charge is 0.307 e. The van der Waals surface area contributed by atoms with Gasteiger partial charge in [-0.2, -0.15) is 0 Å².